The quantitative estimate of drug-likeness (QED) is 0.785. The number of benzene rings is 2. The molecule has 2 nitrogen and oxygen atoms in total. The molecule has 2 N–H and O–H groups in total. The Kier molecular flexibility index (Phi) is 5.19. The standard InChI is InChI=1S/C21H23FO2/c22-13-12-15-2-1-3-18(14-15)21(16-4-8-19(23)9-5-16)17-6-10-20(24)11-7-17/h4-11,15,23-24H,1-3,12-14H2/i22-1. The Bertz CT molecular complexity index is 652. The van der Waals surface area contributed by atoms with E-state index >= 15 is 0 Å². The minimum absolute atomic E-state index is 0.243. The van der Waals surface area contributed by atoms with E-state index in [1.165, 1.54) is 5.57 Å². The highest BCUT2D eigenvalue weighted by atomic mass is 18.2. The van der Waals surface area contributed by atoms with Crippen LogP contribution < -0.4 is 0 Å². The molecule has 0 heterocycles. The third kappa shape index (κ3) is 3.78. The summed E-state index contributed by atoms with van der Waals surface area (Å²) in [6.45, 7) is -0.258. The Morgan fingerprint density at radius 1 is 0.917 bits per heavy atom. The first-order valence-corrected chi connectivity index (χ1v) is 8.54. The molecule has 24 heavy (non-hydrogen) atoms. The van der Waals surface area contributed by atoms with Crippen LogP contribution in [0.4, 0.5) is 4.39 Å². The maximum atomic E-state index is 12.8. The Morgan fingerprint density at radius 3 is 1.96 bits per heavy atom. The molecule has 0 saturated heterocycles. The molecule has 3 heteroatoms. The first-order valence-electron chi connectivity index (χ1n) is 8.54. The molecule has 0 radical (unpaired) electrons. The maximum Gasteiger partial charge on any atom is 0.115 e. The molecule has 0 aliphatic heterocycles. The third-order valence-electron chi connectivity index (χ3n) is 4.81. The molecule has 2 aromatic carbocycles. The second-order valence-electron chi connectivity index (χ2n) is 6.51. The molecule has 0 amide bonds. The molecule has 1 aliphatic carbocycles. The van der Waals surface area contributed by atoms with Gasteiger partial charge in [0.15, 0.2) is 0 Å². The Morgan fingerprint density at radius 2 is 1.46 bits per heavy atom. The van der Waals surface area contributed by atoms with Crippen molar-refractivity contribution in [2.45, 2.75) is 32.1 Å². The van der Waals surface area contributed by atoms with Crippen LogP contribution in [-0.4, -0.2) is 16.9 Å². The SMILES string of the molecule is Oc1ccc(C(=C2CCCC(CC[18F])C2)c2ccc(O)cc2)cc1. The molecule has 1 aliphatic rings. The molecule has 1 unspecified atom stereocenters. The fourth-order valence-electron chi connectivity index (χ4n) is 3.62. The average Bonchev–Trinajstić information content (AvgIpc) is 2.59. The van der Waals surface area contributed by atoms with E-state index in [0.717, 1.165) is 42.4 Å². The van der Waals surface area contributed by atoms with Crippen molar-refractivity contribution in [1.29, 1.82) is 0 Å². The Hall–Kier alpha value is -2.29. The lowest BCUT2D eigenvalue weighted by Gasteiger charge is -2.26. The van der Waals surface area contributed by atoms with Crippen molar-refractivity contribution in [3.63, 3.8) is 0 Å². The third-order valence-corrected chi connectivity index (χ3v) is 4.81. The van der Waals surface area contributed by atoms with E-state index in [0.29, 0.717) is 12.3 Å². The molecule has 3 rings (SSSR count). The lowest BCUT2D eigenvalue weighted by Crippen LogP contribution is -2.11. The van der Waals surface area contributed by atoms with Crippen molar-refractivity contribution in [3.8, 4) is 11.5 Å². The number of hydrogen-bond donors (Lipinski definition) is 2. The molecule has 1 atom stereocenters. The van der Waals surface area contributed by atoms with Crippen molar-refractivity contribution >= 4 is 5.57 Å². The van der Waals surface area contributed by atoms with Crippen LogP contribution in [0.2, 0.25) is 0 Å². The zero-order valence-corrected chi connectivity index (χ0v) is 13.7. The predicted octanol–water partition coefficient (Wildman–Crippen LogP) is 5.45. The lowest BCUT2D eigenvalue weighted by atomic mass is 9.79. The van der Waals surface area contributed by atoms with Gasteiger partial charge in [-0.15, -0.1) is 0 Å². The van der Waals surface area contributed by atoms with Gasteiger partial charge in [0.1, 0.15) is 11.5 Å². The summed E-state index contributed by atoms with van der Waals surface area (Å²) >= 11 is 0. The average molecular weight is 325 g/mol. The van der Waals surface area contributed by atoms with Crippen LogP contribution >= 0.6 is 0 Å². The van der Waals surface area contributed by atoms with E-state index in [4.69, 9.17) is 0 Å². The van der Waals surface area contributed by atoms with Gasteiger partial charge in [-0.05, 0) is 79.0 Å². The van der Waals surface area contributed by atoms with Gasteiger partial charge in [0, 0.05) is 0 Å². The van der Waals surface area contributed by atoms with E-state index < -0.39 is 0 Å². The molecule has 126 valence electrons. The number of hydrogen-bond acceptors (Lipinski definition) is 2. The largest absolute Gasteiger partial charge is 0.508 e. The second-order valence-corrected chi connectivity index (χ2v) is 6.51. The van der Waals surface area contributed by atoms with Crippen molar-refractivity contribution in [2.24, 2.45) is 5.92 Å². The summed E-state index contributed by atoms with van der Waals surface area (Å²) in [5, 5.41) is 19.2. The van der Waals surface area contributed by atoms with Crippen LogP contribution in [0, 0.1) is 5.92 Å². The van der Waals surface area contributed by atoms with Gasteiger partial charge in [-0.1, -0.05) is 29.8 Å². The normalized spacial score (nSPS) is 17.7. The number of aromatic hydroxyl groups is 2. The van der Waals surface area contributed by atoms with Crippen molar-refractivity contribution in [1.82, 2.24) is 0 Å². The first-order chi connectivity index (χ1) is 11.7. The van der Waals surface area contributed by atoms with Crippen LogP contribution in [0.5, 0.6) is 11.5 Å². The minimum Gasteiger partial charge on any atom is -0.508 e. The van der Waals surface area contributed by atoms with Crippen molar-refractivity contribution in [2.75, 3.05) is 6.67 Å². The minimum atomic E-state index is -0.258. The Balaban J connectivity index is 2.05. The summed E-state index contributed by atoms with van der Waals surface area (Å²) in [6.07, 6.45) is 4.73. The number of allylic oxidation sites excluding steroid dienone is 1. The van der Waals surface area contributed by atoms with Crippen LogP contribution in [0.25, 0.3) is 5.57 Å². The summed E-state index contributed by atoms with van der Waals surface area (Å²) in [6, 6.07) is 14.5. The van der Waals surface area contributed by atoms with Crippen LogP contribution in [0.1, 0.15) is 43.2 Å². The molecule has 0 aromatic heterocycles. The number of halogens is 1. The summed E-state index contributed by atoms with van der Waals surface area (Å²) in [4.78, 5) is 0. The van der Waals surface area contributed by atoms with Crippen LogP contribution in [0.3, 0.4) is 0 Å². The topological polar surface area (TPSA) is 40.5 Å². The molecule has 0 bridgehead atoms. The second kappa shape index (κ2) is 7.52. The van der Waals surface area contributed by atoms with Gasteiger partial charge in [-0.3, -0.25) is 4.39 Å². The Labute approximate surface area is 142 Å². The zero-order chi connectivity index (χ0) is 16.9. The van der Waals surface area contributed by atoms with E-state index in [9.17, 15) is 14.6 Å². The summed E-state index contributed by atoms with van der Waals surface area (Å²) < 4.78 is 12.8. The van der Waals surface area contributed by atoms with Gasteiger partial charge >= 0.3 is 0 Å². The number of phenolic OH excluding ortho intramolecular Hbond substituents is 2. The monoisotopic (exact) mass is 325 g/mol. The van der Waals surface area contributed by atoms with Gasteiger partial charge in [0.2, 0.25) is 0 Å². The van der Waals surface area contributed by atoms with Gasteiger partial charge < -0.3 is 10.2 Å². The number of alkyl halides is 1. The van der Waals surface area contributed by atoms with Crippen molar-refractivity contribution < 1.29 is 14.6 Å². The molecular formula is C21H23FO2. The van der Waals surface area contributed by atoms with Gasteiger partial charge in [-0.2, -0.15) is 0 Å². The molecule has 2 aromatic rings. The highest BCUT2D eigenvalue weighted by Crippen LogP contribution is 2.39. The molecule has 1 saturated carbocycles. The van der Waals surface area contributed by atoms with E-state index in [2.05, 4.69) is 0 Å². The maximum absolute atomic E-state index is 12.8. The summed E-state index contributed by atoms with van der Waals surface area (Å²) in [5.41, 5.74) is 4.60. The molecule has 1 fully saturated rings. The fourth-order valence-corrected chi connectivity index (χ4v) is 3.62. The number of phenols is 2. The lowest BCUT2D eigenvalue weighted by molar-refractivity contribution is 0.340. The fraction of sp³-hybridized carbons (Fsp3) is 0.333. The van der Waals surface area contributed by atoms with E-state index in [1.807, 2.05) is 24.3 Å². The van der Waals surface area contributed by atoms with Gasteiger partial charge in [-0.25, -0.2) is 0 Å². The summed E-state index contributed by atoms with van der Waals surface area (Å²) in [7, 11) is 0. The first kappa shape index (κ1) is 16.6. The predicted molar refractivity (Wildman–Crippen MR) is 94.8 cm³/mol. The van der Waals surface area contributed by atoms with E-state index in [-0.39, 0.29) is 18.2 Å². The van der Waals surface area contributed by atoms with E-state index in [1.54, 1.807) is 24.3 Å². The highest BCUT2D eigenvalue weighted by molar-refractivity contribution is 5.82. The van der Waals surface area contributed by atoms with Crippen LogP contribution in [-0.2, 0) is 0 Å². The number of rotatable bonds is 4. The molecule has 0 spiro atoms. The summed E-state index contributed by atoms with van der Waals surface area (Å²) in [5.74, 6) is 0.892. The van der Waals surface area contributed by atoms with Gasteiger partial charge in [0.05, 0.1) is 6.67 Å². The molecular weight excluding hydrogens is 302 g/mol. The van der Waals surface area contributed by atoms with Crippen LogP contribution in [0.15, 0.2) is 54.1 Å². The smallest absolute Gasteiger partial charge is 0.115 e. The highest BCUT2D eigenvalue weighted by Gasteiger charge is 2.21. The van der Waals surface area contributed by atoms with Crippen molar-refractivity contribution in [3.05, 3.63) is 65.2 Å². The van der Waals surface area contributed by atoms with Gasteiger partial charge in [0.25, 0.3) is 0 Å². The zero-order valence-electron chi connectivity index (χ0n) is 13.7.